The Balaban J connectivity index is 2.23. The standard InChI is InChI=1S/C14H21NO/c1-3-4-5-6-14(16)11-15-13-9-7-12(2)8-10-13/h7-10,15H,3-6,11H2,1-2H3. The van der Waals surface area contributed by atoms with Gasteiger partial charge in [0.1, 0.15) is 0 Å². The molecule has 16 heavy (non-hydrogen) atoms. The van der Waals surface area contributed by atoms with Gasteiger partial charge in [-0.1, -0.05) is 37.5 Å². The van der Waals surface area contributed by atoms with Gasteiger partial charge in [-0.15, -0.1) is 0 Å². The van der Waals surface area contributed by atoms with Gasteiger partial charge in [-0.3, -0.25) is 4.79 Å². The third kappa shape index (κ3) is 4.96. The van der Waals surface area contributed by atoms with Crippen molar-refractivity contribution < 1.29 is 4.79 Å². The largest absolute Gasteiger partial charge is 0.378 e. The second-order valence-corrected chi connectivity index (χ2v) is 4.22. The normalized spacial score (nSPS) is 10.1. The summed E-state index contributed by atoms with van der Waals surface area (Å²) in [6, 6.07) is 8.11. The summed E-state index contributed by atoms with van der Waals surface area (Å²) >= 11 is 0. The van der Waals surface area contributed by atoms with E-state index in [4.69, 9.17) is 0 Å². The number of hydrogen-bond acceptors (Lipinski definition) is 2. The molecule has 0 aliphatic heterocycles. The molecule has 0 saturated carbocycles. The first-order valence-electron chi connectivity index (χ1n) is 6.04. The summed E-state index contributed by atoms with van der Waals surface area (Å²) in [5.41, 5.74) is 2.26. The Morgan fingerprint density at radius 1 is 1.19 bits per heavy atom. The number of carbonyl (C=O) groups is 1. The van der Waals surface area contributed by atoms with E-state index in [-0.39, 0.29) is 0 Å². The molecule has 0 spiro atoms. The van der Waals surface area contributed by atoms with E-state index in [1.54, 1.807) is 0 Å². The second-order valence-electron chi connectivity index (χ2n) is 4.22. The molecule has 2 heteroatoms. The lowest BCUT2D eigenvalue weighted by Gasteiger charge is -2.05. The number of ketones is 1. The van der Waals surface area contributed by atoms with Crippen LogP contribution in [-0.4, -0.2) is 12.3 Å². The maximum absolute atomic E-state index is 11.5. The number of unbranched alkanes of at least 4 members (excludes halogenated alkanes) is 2. The molecule has 0 aliphatic carbocycles. The molecule has 0 radical (unpaired) electrons. The zero-order valence-electron chi connectivity index (χ0n) is 10.3. The molecule has 1 aromatic carbocycles. The lowest BCUT2D eigenvalue weighted by molar-refractivity contribution is -0.117. The first-order chi connectivity index (χ1) is 7.72. The Kier molecular flexibility index (Phi) is 5.62. The van der Waals surface area contributed by atoms with Crippen molar-refractivity contribution in [2.75, 3.05) is 11.9 Å². The molecular weight excluding hydrogens is 198 g/mol. The van der Waals surface area contributed by atoms with Gasteiger partial charge in [0.05, 0.1) is 6.54 Å². The highest BCUT2D eigenvalue weighted by molar-refractivity contribution is 5.82. The smallest absolute Gasteiger partial charge is 0.151 e. The van der Waals surface area contributed by atoms with Crippen LogP contribution in [0.3, 0.4) is 0 Å². The van der Waals surface area contributed by atoms with Crippen molar-refractivity contribution in [3.05, 3.63) is 29.8 Å². The lowest BCUT2D eigenvalue weighted by atomic mass is 10.1. The minimum atomic E-state index is 0.300. The Bertz CT molecular complexity index is 316. The molecule has 1 aromatic rings. The number of benzene rings is 1. The van der Waals surface area contributed by atoms with Crippen LogP contribution < -0.4 is 5.32 Å². The van der Waals surface area contributed by atoms with Gasteiger partial charge < -0.3 is 5.32 Å². The molecule has 88 valence electrons. The van der Waals surface area contributed by atoms with Crippen LogP contribution in [0.4, 0.5) is 5.69 Å². The average Bonchev–Trinajstić information content (AvgIpc) is 2.29. The van der Waals surface area contributed by atoms with E-state index >= 15 is 0 Å². The second kappa shape index (κ2) is 7.04. The van der Waals surface area contributed by atoms with Gasteiger partial charge in [0.25, 0.3) is 0 Å². The fraction of sp³-hybridized carbons (Fsp3) is 0.500. The summed E-state index contributed by atoms with van der Waals surface area (Å²) in [7, 11) is 0. The molecule has 0 fully saturated rings. The maximum Gasteiger partial charge on any atom is 0.151 e. The molecule has 0 amide bonds. The van der Waals surface area contributed by atoms with Crippen molar-refractivity contribution in [1.82, 2.24) is 0 Å². The Morgan fingerprint density at radius 3 is 2.50 bits per heavy atom. The number of anilines is 1. The number of carbonyl (C=O) groups excluding carboxylic acids is 1. The summed E-state index contributed by atoms with van der Waals surface area (Å²) in [5, 5.41) is 3.15. The molecule has 0 heterocycles. The van der Waals surface area contributed by atoms with Crippen LogP contribution in [-0.2, 0) is 4.79 Å². The van der Waals surface area contributed by atoms with E-state index in [1.807, 2.05) is 24.3 Å². The van der Waals surface area contributed by atoms with Gasteiger partial charge in [-0.25, -0.2) is 0 Å². The fourth-order valence-electron chi connectivity index (χ4n) is 1.53. The number of rotatable bonds is 7. The number of nitrogens with one attached hydrogen (secondary N) is 1. The maximum atomic E-state index is 11.5. The quantitative estimate of drug-likeness (QED) is 0.710. The van der Waals surface area contributed by atoms with Crippen molar-refractivity contribution in [3.8, 4) is 0 Å². The highest BCUT2D eigenvalue weighted by atomic mass is 16.1. The molecular formula is C14H21NO. The summed E-state index contributed by atoms with van der Waals surface area (Å²) in [5.74, 6) is 0.300. The van der Waals surface area contributed by atoms with Gasteiger partial charge in [0.15, 0.2) is 5.78 Å². The van der Waals surface area contributed by atoms with Crippen LogP contribution in [0.15, 0.2) is 24.3 Å². The molecule has 1 N–H and O–H groups in total. The van der Waals surface area contributed by atoms with E-state index < -0.39 is 0 Å². The average molecular weight is 219 g/mol. The van der Waals surface area contributed by atoms with Crippen molar-refractivity contribution in [2.24, 2.45) is 0 Å². The molecule has 0 unspecified atom stereocenters. The highest BCUT2D eigenvalue weighted by Crippen LogP contribution is 2.08. The number of hydrogen-bond donors (Lipinski definition) is 1. The predicted molar refractivity (Wildman–Crippen MR) is 68.8 cm³/mol. The molecule has 0 saturated heterocycles. The van der Waals surface area contributed by atoms with Gasteiger partial charge in [-0.2, -0.15) is 0 Å². The van der Waals surface area contributed by atoms with E-state index in [0.717, 1.165) is 18.5 Å². The molecule has 1 rings (SSSR count). The third-order valence-electron chi connectivity index (χ3n) is 2.60. The minimum Gasteiger partial charge on any atom is -0.378 e. The van der Waals surface area contributed by atoms with Gasteiger partial charge in [0, 0.05) is 12.1 Å². The minimum absolute atomic E-state index is 0.300. The zero-order valence-corrected chi connectivity index (χ0v) is 10.3. The first-order valence-corrected chi connectivity index (χ1v) is 6.04. The monoisotopic (exact) mass is 219 g/mol. The molecule has 2 nitrogen and oxygen atoms in total. The summed E-state index contributed by atoms with van der Waals surface area (Å²) in [6.07, 6.45) is 4.03. The van der Waals surface area contributed by atoms with E-state index in [1.165, 1.54) is 12.0 Å². The van der Waals surface area contributed by atoms with Gasteiger partial charge >= 0.3 is 0 Å². The van der Waals surface area contributed by atoms with Crippen LogP contribution in [0.2, 0.25) is 0 Å². The summed E-state index contributed by atoms with van der Waals surface area (Å²) in [6.45, 7) is 4.65. The SMILES string of the molecule is CCCCCC(=O)CNc1ccc(C)cc1. The highest BCUT2D eigenvalue weighted by Gasteiger charge is 2.00. The third-order valence-corrected chi connectivity index (χ3v) is 2.60. The summed E-state index contributed by atoms with van der Waals surface area (Å²) in [4.78, 5) is 11.5. The van der Waals surface area contributed by atoms with Crippen molar-refractivity contribution in [3.63, 3.8) is 0 Å². The van der Waals surface area contributed by atoms with Crippen molar-refractivity contribution >= 4 is 11.5 Å². The topological polar surface area (TPSA) is 29.1 Å². The van der Waals surface area contributed by atoms with E-state index in [0.29, 0.717) is 18.7 Å². The fourth-order valence-corrected chi connectivity index (χ4v) is 1.53. The molecule has 0 aromatic heterocycles. The van der Waals surface area contributed by atoms with Crippen LogP contribution >= 0.6 is 0 Å². The Labute approximate surface area is 98.1 Å². The predicted octanol–water partition coefficient (Wildman–Crippen LogP) is 3.56. The van der Waals surface area contributed by atoms with Crippen molar-refractivity contribution in [1.29, 1.82) is 0 Å². The lowest BCUT2D eigenvalue weighted by Crippen LogP contribution is -2.13. The van der Waals surface area contributed by atoms with Crippen LogP contribution in [0.1, 0.15) is 38.2 Å². The molecule has 0 atom stereocenters. The van der Waals surface area contributed by atoms with E-state index in [9.17, 15) is 4.79 Å². The number of Topliss-reactive ketones (excluding diaryl/α,β-unsaturated/α-hetero) is 1. The van der Waals surface area contributed by atoms with Crippen LogP contribution in [0.25, 0.3) is 0 Å². The molecule has 0 aliphatic rings. The van der Waals surface area contributed by atoms with Crippen LogP contribution in [0.5, 0.6) is 0 Å². The van der Waals surface area contributed by atoms with Crippen LogP contribution in [0, 0.1) is 6.92 Å². The molecule has 0 bridgehead atoms. The first kappa shape index (κ1) is 12.8. The number of aryl methyl sites for hydroxylation is 1. The summed E-state index contributed by atoms with van der Waals surface area (Å²) < 4.78 is 0. The zero-order chi connectivity index (χ0) is 11.8. The van der Waals surface area contributed by atoms with E-state index in [2.05, 4.69) is 19.2 Å². The Hall–Kier alpha value is -1.31. The Morgan fingerprint density at radius 2 is 1.88 bits per heavy atom. The van der Waals surface area contributed by atoms with Crippen molar-refractivity contribution in [2.45, 2.75) is 39.5 Å². The van der Waals surface area contributed by atoms with Gasteiger partial charge in [-0.05, 0) is 25.5 Å². The van der Waals surface area contributed by atoms with Gasteiger partial charge in [0.2, 0.25) is 0 Å².